The molecule has 0 saturated carbocycles. The van der Waals surface area contributed by atoms with Crippen LogP contribution in [0.2, 0.25) is 0 Å². The smallest absolute Gasteiger partial charge is 0.0766 e. The van der Waals surface area contributed by atoms with E-state index in [1.54, 1.807) is 0 Å². The second-order valence-electron chi connectivity index (χ2n) is 6.73. The van der Waals surface area contributed by atoms with Crippen LogP contribution < -0.4 is 5.32 Å². The first-order valence-electron chi connectivity index (χ1n) is 7.24. The maximum atomic E-state index is 10.3. The molecule has 1 rings (SSSR count). The molecule has 1 atom stereocenters. The van der Waals surface area contributed by atoms with Crippen LogP contribution in [0.4, 0.5) is 0 Å². The van der Waals surface area contributed by atoms with Gasteiger partial charge in [-0.15, -0.1) is 0 Å². The average Bonchev–Trinajstić information content (AvgIpc) is 2.36. The minimum atomic E-state index is -0.649. The van der Waals surface area contributed by atoms with Crippen LogP contribution in [0.3, 0.4) is 0 Å². The molecule has 108 valence electrons. The van der Waals surface area contributed by atoms with Crippen molar-refractivity contribution >= 4 is 0 Å². The molecule has 2 nitrogen and oxygen atoms in total. The lowest BCUT2D eigenvalue weighted by atomic mass is 9.89. The van der Waals surface area contributed by atoms with Crippen LogP contribution in [0.1, 0.15) is 46.6 Å². The van der Waals surface area contributed by atoms with Gasteiger partial charge in [0.1, 0.15) is 0 Å². The Labute approximate surface area is 118 Å². The van der Waals surface area contributed by atoms with Gasteiger partial charge in [0.15, 0.2) is 0 Å². The predicted molar refractivity (Wildman–Crippen MR) is 82.3 cm³/mol. The van der Waals surface area contributed by atoms with E-state index in [4.69, 9.17) is 0 Å². The molecular formula is C17H29NO. The summed E-state index contributed by atoms with van der Waals surface area (Å²) in [7, 11) is 0. The molecule has 0 heterocycles. The number of β-amino-alcohol motifs (C(OH)–C–C–N with tert-alkyl or cyclic N) is 1. The number of nitrogens with one attached hydrogen (secondary N) is 1. The van der Waals surface area contributed by atoms with Crippen molar-refractivity contribution in [3.05, 3.63) is 35.9 Å². The van der Waals surface area contributed by atoms with Gasteiger partial charge in [-0.3, -0.25) is 0 Å². The first-order valence-corrected chi connectivity index (χ1v) is 7.24. The molecule has 2 heteroatoms. The van der Waals surface area contributed by atoms with Crippen LogP contribution in [-0.2, 0) is 6.42 Å². The Morgan fingerprint density at radius 1 is 1.11 bits per heavy atom. The monoisotopic (exact) mass is 263 g/mol. The van der Waals surface area contributed by atoms with Crippen molar-refractivity contribution in [2.24, 2.45) is 5.92 Å². The molecule has 1 aromatic carbocycles. The summed E-state index contributed by atoms with van der Waals surface area (Å²) in [6.07, 6.45) is 2.12. The molecule has 1 aromatic rings. The van der Waals surface area contributed by atoms with E-state index in [1.807, 2.05) is 13.0 Å². The third-order valence-corrected chi connectivity index (χ3v) is 4.05. The van der Waals surface area contributed by atoms with Crippen LogP contribution in [0.5, 0.6) is 0 Å². The second kappa shape index (κ2) is 6.53. The zero-order valence-corrected chi connectivity index (χ0v) is 13.0. The fourth-order valence-electron chi connectivity index (χ4n) is 1.81. The molecule has 0 aliphatic carbocycles. The fourth-order valence-corrected chi connectivity index (χ4v) is 1.81. The highest BCUT2D eigenvalue weighted by molar-refractivity contribution is 5.15. The highest BCUT2D eigenvalue weighted by Gasteiger charge is 2.27. The summed E-state index contributed by atoms with van der Waals surface area (Å²) >= 11 is 0. The molecule has 0 saturated heterocycles. The standard InChI is InChI=1S/C17H29NO/c1-14(2)17(5,19)13-18-16(3,4)12-11-15-9-7-6-8-10-15/h6-10,14,18-19H,11-13H2,1-5H3. The molecule has 0 bridgehead atoms. The van der Waals surface area contributed by atoms with Crippen molar-refractivity contribution in [2.45, 2.75) is 58.6 Å². The summed E-state index contributed by atoms with van der Waals surface area (Å²) in [5.74, 6) is 0.255. The maximum Gasteiger partial charge on any atom is 0.0766 e. The number of hydrogen-bond donors (Lipinski definition) is 2. The van der Waals surface area contributed by atoms with Crippen molar-refractivity contribution in [1.82, 2.24) is 5.32 Å². The van der Waals surface area contributed by atoms with Crippen molar-refractivity contribution < 1.29 is 5.11 Å². The topological polar surface area (TPSA) is 32.3 Å². The van der Waals surface area contributed by atoms with Gasteiger partial charge < -0.3 is 10.4 Å². The van der Waals surface area contributed by atoms with E-state index in [-0.39, 0.29) is 11.5 Å². The van der Waals surface area contributed by atoms with E-state index < -0.39 is 5.60 Å². The van der Waals surface area contributed by atoms with Crippen LogP contribution in [0, 0.1) is 5.92 Å². The third-order valence-electron chi connectivity index (χ3n) is 4.05. The quantitative estimate of drug-likeness (QED) is 0.790. The zero-order valence-electron chi connectivity index (χ0n) is 13.0. The first kappa shape index (κ1) is 16.2. The Morgan fingerprint density at radius 2 is 1.68 bits per heavy atom. The van der Waals surface area contributed by atoms with Crippen LogP contribution in [-0.4, -0.2) is 22.8 Å². The molecule has 2 N–H and O–H groups in total. The van der Waals surface area contributed by atoms with Crippen LogP contribution in [0.25, 0.3) is 0 Å². The molecule has 0 radical (unpaired) electrons. The summed E-state index contributed by atoms with van der Waals surface area (Å²) in [6.45, 7) is 11.0. The van der Waals surface area contributed by atoms with E-state index in [0.29, 0.717) is 6.54 Å². The fraction of sp³-hybridized carbons (Fsp3) is 0.647. The van der Waals surface area contributed by atoms with Gasteiger partial charge in [-0.05, 0) is 45.1 Å². The molecule has 19 heavy (non-hydrogen) atoms. The second-order valence-corrected chi connectivity index (χ2v) is 6.73. The Bertz CT molecular complexity index is 368. The Balaban J connectivity index is 2.44. The first-order chi connectivity index (χ1) is 8.73. The molecule has 0 aliphatic rings. The number of benzene rings is 1. The van der Waals surface area contributed by atoms with Gasteiger partial charge in [0.25, 0.3) is 0 Å². The lowest BCUT2D eigenvalue weighted by Gasteiger charge is -2.34. The Morgan fingerprint density at radius 3 is 2.21 bits per heavy atom. The van der Waals surface area contributed by atoms with Gasteiger partial charge in [0.2, 0.25) is 0 Å². The van der Waals surface area contributed by atoms with Gasteiger partial charge in [-0.2, -0.15) is 0 Å². The minimum absolute atomic E-state index is 0.0364. The van der Waals surface area contributed by atoms with Crippen molar-refractivity contribution in [3.8, 4) is 0 Å². The molecule has 0 amide bonds. The molecular weight excluding hydrogens is 234 g/mol. The van der Waals surface area contributed by atoms with Gasteiger partial charge >= 0.3 is 0 Å². The van der Waals surface area contributed by atoms with E-state index >= 15 is 0 Å². The largest absolute Gasteiger partial charge is 0.389 e. The predicted octanol–water partition coefficient (Wildman–Crippen LogP) is 3.39. The van der Waals surface area contributed by atoms with Crippen LogP contribution in [0.15, 0.2) is 30.3 Å². The lowest BCUT2D eigenvalue weighted by Crippen LogP contribution is -2.50. The summed E-state index contributed by atoms with van der Waals surface area (Å²) < 4.78 is 0. The highest BCUT2D eigenvalue weighted by Crippen LogP contribution is 2.18. The maximum absolute atomic E-state index is 10.3. The third kappa shape index (κ3) is 5.75. The van der Waals surface area contributed by atoms with E-state index in [0.717, 1.165) is 12.8 Å². The number of aliphatic hydroxyl groups is 1. The minimum Gasteiger partial charge on any atom is -0.389 e. The van der Waals surface area contributed by atoms with Gasteiger partial charge in [-0.1, -0.05) is 44.2 Å². The number of rotatable bonds is 7. The van der Waals surface area contributed by atoms with E-state index in [1.165, 1.54) is 5.56 Å². The highest BCUT2D eigenvalue weighted by atomic mass is 16.3. The summed E-state index contributed by atoms with van der Waals surface area (Å²) in [4.78, 5) is 0. The van der Waals surface area contributed by atoms with Crippen molar-refractivity contribution in [3.63, 3.8) is 0 Å². The molecule has 0 fully saturated rings. The van der Waals surface area contributed by atoms with Gasteiger partial charge in [-0.25, -0.2) is 0 Å². The summed E-state index contributed by atoms with van der Waals surface area (Å²) in [6, 6.07) is 10.5. The lowest BCUT2D eigenvalue weighted by molar-refractivity contribution is 0.00784. The van der Waals surface area contributed by atoms with Gasteiger partial charge in [0.05, 0.1) is 5.60 Å². The van der Waals surface area contributed by atoms with E-state index in [2.05, 4.69) is 57.3 Å². The Hall–Kier alpha value is -0.860. The summed E-state index contributed by atoms with van der Waals surface area (Å²) in [5, 5.41) is 13.8. The number of hydrogen-bond acceptors (Lipinski definition) is 2. The Kier molecular flexibility index (Phi) is 5.57. The molecule has 0 aromatic heterocycles. The van der Waals surface area contributed by atoms with Crippen molar-refractivity contribution in [1.29, 1.82) is 0 Å². The van der Waals surface area contributed by atoms with Gasteiger partial charge in [0, 0.05) is 12.1 Å². The molecule has 1 unspecified atom stereocenters. The molecule has 0 spiro atoms. The van der Waals surface area contributed by atoms with E-state index in [9.17, 15) is 5.11 Å². The normalized spacial score (nSPS) is 15.5. The zero-order chi connectivity index (χ0) is 14.5. The van der Waals surface area contributed by atoms with Crippen molar-refractivity contribution in [2.75, 3.05) is 6.54 Å². The molecule has 0 aliphatic heterocycles. The van der Waals surface area contributed by atoms with Crippen LogP contribution >= 0.6 is 0 Å². The number of aryl methyl sites for hydroxylation is 1. The summed E-state index contributed by atoms with van der Waals surface area (Å²) in [5.41, 5.74) is 0.756. The average molecular weight is 263 g/mol. The SMILES string of the molecule is CC(C)C(C)(O)CNC(C)(C)CCc1ccccc1.